The summed E-state index contributed by atoms with van der Waals surface area (Å²) in [7, 11) is 1.55. The molecule has 1 N–H and O–H groups in total. The maximum Gasteiger partial charge on any atom is 0.311 e. The zero-order valence-electron chi connectivity index (χ0n) is 15.3. The number of carbonyl (C=O) groups excluding carboxylic acids is 2. The van der Waals surface area contributed by atoms with Crippen molar-refractivity contribution in [2.45, 2.75) is 19.4 Å². The standard InChI is InChI=1S/C22H21NO4/c1-15(22(25)23-18-10-6-11-19(14-18)26-2)27-21(24)13-17-9-5-8-16-7-3-4-12-20(16)17/h3-12,14-15H,13H2,1-2H3,(H,23,25)/t15-/m0/s1. The van der Waals surface area contributed by atoms with Crippen LogP contribution in [0.5, 0.6) is 5.75 Å². The van der Waals surface area contributed by atoms with Gasteiger partial charge in [-0.1, -0.05) is 48.5 Å². The van der Waals surface area contributed by atoms with Gasteiger partial charge in [-0.3, -0.25) is 9.59 Å². The highest BCUT2D eigenvalue weighted by Crippen LogP contribution is 2.20. The van der Waals surface area contributed by atoms with Crippen molar-refractivity contribution in [1.82, 2.24) is 0 Å². The van der Waals surface area contributed by atoms with Gasteiger partial charge in [-0.15, -0.1) is 0 Å². The molecule has 27 heavy (non-hydrogen) atoms. The normalized spacial score (nSPS) is 11.6. The van der Waals surface area contributed by atoms with Crippen LogP contribution in [0.4, 0.5) is 5.69 Å². The van der Waals surface area contributed by atoms with Crippen LogP contribution in [0.1, 0.15) is 12.5 Å². The molecule has 138 valence electrons. The molecule has 0 aromatic heterocycles. The number of fused-ring (bicyclic) bond motifs is 1. The monoisotopic (exact) mass is 363 g/mol. The van der Waals surface area contributed by atoms with Crippen LogP contribution in [0.2, 0.25) is 0 Å². The van der Waals surface area contributed by atoms with Crippen molar-refractivity contribution in [3.8, 4) is 5.75 Å². The Balaban J connectivity index is 1.62. The van der Waals surface area contributed by atoms with Crippen LogP contribution < -0.4 is 10.1 Å². The zero-order chi connectivity index (χ0) is 19.2. The molecule has 5 nitrogen and oxygen atoms in total. The smallest absolute Gasteiger partial charge is 0.311 e. The average Bonchev–Trinajstić information content (AvgIpc) is 2.68. The first-order valence-corrected chi connectivity index (χ1v) is 8.68. The summed E-state index contributed by atoms with van der Waals surface area (Å²) in [5.41, 5.74) is 1.45. The van der Waals surface area contributed by atoms with Gasteiger partial charge in [0.1, 0.15) is 5.75 Å². The Kier molecular flexibility index (Phi) is 5.71. The highest BCUT2D eigenvalue weighted by Gasteiger charge is 2.19. The summed E-state index contributed by atoms with van der Waals surface area (Å²) in [4.78, 5) is 24.6. The number of carbonyl (C=O) groups is 2. The van der Waals surface area contributed by atoms with Crippen LogP contribution in [0, 0.1) is 0 Å². The van der Waals surface area contributed by atoms with E-state index in [1.165, 1.54) is 0 Å². The summed E-state index contributed by atoms with van der Waals surface area (Å²) in [5, 5.41) is 4.79. The lowest BCUT2D eigenvalue weighted by Crippen LogP contribution is -2.30. The first kappa shape index (κ1) is 18.5. The zero-order valence-corrected chi connectivity index (χ0v) is 15.3. The number of hydrogen-bond acceptors (Lipinski definition) is 4. The van der Waals surface area contributed by atoms with Crippen LogP contribution >= 0.6 is 0 Å². The minimum absolute atomic E-state index is 0.109. The number of ether oxygens (including phenoxy) is 2. The van der Waals surface area contributed by atoms with Gasteiger partial charge in [0.25, 0.3) is 5.91 Å². The third kappa shape index (κ3) is 4.64. The summed E-state index contributed by atoms with van der Waals surface area (Å²) in [5.74, 6) is -0.206. The number of esters is 1. The average molecular weight is 363 g/mol. The van der Waals surface area contributed by atoms with Gasteiger partial charge in [0, 0.05) is 11.8 Å². The predicted octanol–water partition coefficient (Wildman–Crippen LogP) is 3.96. The molecule has 0 aliphatic carbocycles. The van der Waals surface area contributed by atoms with E-state index in [9.17, 15) is 9.59 Å². The van der Waals surface area contributed by atoms with E-state index in [-0.39, 0.29) is 6.42 Å². The molecule has 5 heteroatoms. The van der Waals surface area contributed by atoms with Gasteiger partial charge in [-0.05, 0) is 35.4 Å². The maximum atomic E-state index is 12.3. The molecule has 3 rings (SSSR count). The molecule has 3 aromatic carbocycles. The molecule has 1 atom stereocenters. The highest BCUT2D eigenvalue weighted by molar-refractivity contribution is 5.95. The minimum atomic E-state index is -0.904. The molecule has 1 amide bonds. The Morgan fingerprint density at radius 1 is 1.00 bits per heavy atom. The van der Waals surface area contributed by atoms with Crippen LogP contribution in [-0.4, -0.2) is 25.1 Å². The Hall–Kier alpha value is -3.34. The van der Waals surface area contributed by atoms with Gasteiger partial charge in [0.05, 0.1) is 13.5 Å². The Bertz CT molecular complexity index is 962. The number of nitrogens with one attached hydrogen (secondary N) is 1. The van der Waals surface area contributed by atoms with Crippen molar-refractivity contribution in [1.29, 1.82) is 0 Å². The number of anilines is 1. The van der Waals surface area contributed by atoms with Crippen molar-refractivity contribution in [3.05, 3.63) is 72.3 Å². The van der Waals surface area contributed by atoms with E-state index in [0.717, 1.165) is 16.3 Å². The first-order chi connectivity index (χ1) is 13.1. The fourth-order valence-corrected chi connectivity index (χ4v) is 2.84. The number of hydrogen-bond donors (Lipinski definition) is 1. The van der Waals surface area contributed by atoms with Crippen molar-refractivity contribution < 1.29 is 19.1 Å². The van der Waals surface area contributed by atoms with E-state index < -0.39 is 18.0 Å². The van der Waals surface area contributed by atoms with Crippen molar-refractivity contribution in [2.75, 3.05) is 12.4 Å². The van der Waals surface area contributed by atoms with E-state index in [1.807, 2.05) is 42.5 Å². The summed E-state index contributed by atoms with van der Waals surface area (Å²) in [6.07, 6.45) is -0.795. The molecule has 0 saturated carbocycles. The second kappa shape index (κ2) is 8.36. The molecule has 0 saturated heterocycles. The summed E-state index contributed by atoms with van der Waals surface area (Å²) in [6.45, 7) is 1.55. The fourth-order valence-electron chi connectivity index (χ4n) is 2.84. The molecule has 0 heterocycles. The van der Waals surface area contributed by atoms with Crippen LogP contribution in [0.3, 0.4) is 0 Å². The summed E-state index contributed by atoms with van der Waals surface area (Å²) in [6, 6.07) is 20.6. The molecule has 0 radical (unpaired) electrons. The quantitative estimate of drug-likeness (QED) is 0.673. The SMILES string of the molecule is COc1cccc(NC(=O)[C@H](C)OC(=O)Cc2cccc3ccccc23)c1. The largest absolute Gasteiger partial charge is 0.497 e. The molecule has 0 spiro atoms. The predicted molar refractivity (Wildman–Crippen MR) is 105 cm³/mol. The lowest BCUT2D eigenvalue weighted by atomic mass is 10.0. The second-order valence-electron chi connectivity index (χ2n) is 6.17. The first-order valence-electron chi connectivity index (χ1n) is 8.68. The van der Waals surface area contributed by atoms with E-state index in [0.29, 0.717) is 11.4 Å². The third-order valence-corrected chi connectivity index (χ3v) is 4.23. The summed E-state index contributed by atoms with van der Waals surface area (Å²) < 4.78 is 10.4. The van der Waals surface area contributed by atoms with Crippen LogP contribution in [-0.2, 0) is 20.7 Å². The summed E-state index contributed by atoms with van der Waals surface area (Å²) >= 11 is 0. The van der Waals surface area contributed by atoms with Gasteiger partial charge in [-0.25, -0.2) is 0 Å². The van der Waals surface area contributed by atoms with Crippen molar-refractivity contribution >= 4 is 28.3 Å². The molecular weight excluding hydrogens is 342 g/mol. The fraction of sp³-hybridized carbons (Fsp3) is 0.182. The topological polar surface area (TPSA) is 64.6 Å². The van der Waals surface area contributed by atoms with E-state index >= 15 is 0 Å². The molecule has 3 aromatic rings. The lowest BCUT2D eigenvalue weighted by molar-refractivity contribution is -0.152. The minimum Gasteiger partial charge on any atom is -0.497 e. The number of benzene rings is 3. The molecular formula is C22H21NO4. The number of amides is 1. The van der Waals surface area contributed by atoms with Gasteiger partial charge in [0.15, 0.2) is 6.10 Å². The van der Waals surface area contributed by atoms with Crippen LogP contribution in [0.25, 0.3) is 10.8 Å². The van der Waals surface area contributed by atoms with Crippen molar-refractivity contribution in [2.24, 2.45) is 0 Å². The molecule has 0 unspecified atom stereocenters. The molecule has 0 aliphatic heterocycles. The van der Waals surface area contributed by atoms with Crippen LogP contribution in [0.15, 0.2) is 66.7 Å². The van der Waals surface area contributed by atoms with Gasteiger partial charge in [0.2, 0.25) is 0 Å². The van der Waals surface area contributed by atoms with E-state index in [1.54, 1.807) is 38.3 Å². The molecule has 0 aliphatic rings. The number of methoxy groups -OCH3 is 1. The third-order valence-electron chi connectivity index (χ3n) is 4.23. The molecule has 0 fully saturated rings. The molecule has 0 bridgehead atoms. The van der Waals surface area contributed by atoms with Gasteiger partial charge < -0.3 is 14.8 Å². The van der Waals surface area contributed by atoms with Gasteiger partial charge >= 0.3 is 5.97 Å². The van der Waals surface area contributed by atoms with E-state index in [2.05, 4.69) is 5.32 Å². The Labute approximate surface area is 157 Å². The highest BCUT2D eigenvalue weighted by atomic mass is 16.5. The Morgan fingerprint density at radius 2 is 1.74 bits per heavy atom. The lowest BCUT2D eigenvalue weighted by Gasteiger charge is -2.14. The second-order valence-corrected chi connectivity index (χ2v) is 6.17. The Morgan fingerprint density at radius 3 is 2.56 bits per heavy atom. The maximum absolute atomic E-state index is 12.3. The van der Waals surface area contributed by atoms with Crippen molar-refractivity contribution in [3.63, 3.8) is 0 Å². The van der Waals surface area contributed by atoms with Gasteiger partial charge in [-0.2, -0.15) is 0 Å². The number of rotatable bonds is 6. The van der Waals surface area contributed by atoms with E-state index in [4.69, 9.17) is 9.47 Å².